The summed E-state index contributed by atoms with van der Waals surface area (Å²) >= 11 is 5.46. The highest BCUT2D eigenvalue weighted by molar-refractivity contribution is 6.30. The molecular formula is C14H11ClF4N2. The van der Waals surface area contributed by atoms with E-state index >= 15 is 0 Å². The van der Waals surface area contributed by atoms with E-state index in [9.17, 15) is 17.6 Å². The number of hydrogen-bond donors (Lipinski definition) is 2. The van der Waals surface area contributed by atoms with Crippen LogP contribution in [0.25, 0.3) is 0 Å². The summed E-state index contributed by atoms with van der Waals surface area (Å²) < 4.78 is 54.1. The Morgan fingerprint density at radius 1 is 1.05 bits per heavy atom. The van der Waals surface area contributed by atoms with Crippen LogP contribution in [0.3, 0.4) is 0 Å². The van der Waals surface area contributed by atoms with Gasteiger partial charge in [-0.05, 0) is 30.2 Å². The normalized spacial score (nSPS) is 12.5. The zero-order chi connectivity index (χ0) is 15.6. The predicted octanol–water partition coefficient (Wildman–Crippen LogP) is 3.64. The van der Waals surface area contributed by atoms with Crippen molar-refractivity contribution in [2.75, 3.05) is 0 Å². The summed E-state index contributed by atoms with van der Waals surface area (Å²) in [5.74, 6) is 1.62. The first-order valence-electron chi connectivity index (χ1n) is 5.97. The Hall–Kier alpha value is -1.63. The van der Waals surface area contributed by atoms with Crippen LogP contribution in [0, 0.1) is 23.3 Å². The number of hydrazine groups is 1. The average Bonchev–Trinajstić information content (AvgIpc) is 2.45. The second-order valence-corrected chi connectivity index (χ2v) is 4.83. The van der Waals surface area contributed by atoms with Gasteiger partial charge in [0.25, 0.3) is 0 Å². The van der Waals surface area contributed by atoms with Crippen molar-refractivity contribution in [3.05, 3.63) is 69.8 Å². The molecule has 0 fully saturated rings. The molecule has 0 aliphatic heterocycles. The van der Waals surface area contributed by atoms with Gasteiger partial charge in [0.2, 0.25) is 0 Å². The molecule has 0 aromatic heterocycles. The van der Waals surface area contributed by atoms with Gasteiger partial charge in [0.05, 0.1) is 11.1 Å². The number of nitrogens with one attached hydrogen (secondary N) is 1. The minimum absolute atomic E-state index is 0.00675. The maximum atomic E-state index is 13.8. The zero-order valence-electron chi connectivity index (χ0n) is 10.6. The lowest BCUT2D eigenvalue weighted by atomic mass is 9.98. The predicted molar refractivity (Wildman–Crippen MR) is 71.5 cm³/mol. The van der Waals surface area contributed by atoms with Gasteiger partial charge in [-0.25, -0.2) is 17.6 Å². The van der Waals surface area contributed by atoms with Crippen molar-refractivity contribution in [3.63, 3.8) is 0 Å². The molecule has 2 nitrogen and oxygen atoms in total. The van der Waals surface area contributed by atoms with Gasteiger partial charge in [-0.1, -0.05) is 23.7 Å². The third-order valence-corrected chi connectivity index (χ3v) is 3.36. The quantitative estimate of drug-likeness (QED) is 0.391. The zero-order valence-corrected chi connectivity index (χ0v) is 11.4. The van der Waals surface area contributed by atoms with Crippen LogP contribution in [-0.4, -0.2) is 0 Å². The summed E-state index contributed by atoms with van der Waals surface area (Å²) in [7, 11) is 0. The van der Waals surface area contributed by atoms with Crippen molar-refractivity contribution < 1.29 is 17.6 Å². The number of benzene rings is 2. The molecule has 0 saturated heterocycles. The molecule has 0 radical (unpaired) electrons. The molecule has 0 heterocycles. The summed E-state index contributed by atoms with van der Waals surface area (Å²) in [5.41, 5.74) is 2.13. The molecular weight excluding hydrogens is 308 g/mol. The van der Waals surface area contributed by atoms with Crippen LogP contribution in [0.4, 0.5) is 17.6 Å². The number of rotatable bonds is 4. The van der Waals surface area contributed by atoms with Crippen molar-refractivity contribution in [2.24, 2.45) is 5.84 Å². The number of nitrogens with two attached hydrogens (primary N) is 1. The second-order valence-electron chi connectivity index (χ2n) is 4.42. The van der Waals surface area contributed by atoms with E-state index in [1.807, 2.05) is 0 Å². The van der Waals surface area contributed by atoms with Crippen LogP contribution in [0.2, 0.25) is 5.02 Å². The van der Waals surface area contributed by atoms with Gasteiger partial charge in [0, 0.05) is 5.56 Å². The molecule has 112 valence electrons. The van der Waals surface area contributed by atoms with Crippen molar-refractivity contribution >= 4 is 11.6 Å². The van der Waals surface area contributed by atoms with Crippen LogP contribution in [-0.2, 0) is 6.42 Å². The highest BCUT2D eigenvalue weighted by Crippen LogP contribution is 2.27. The fraction of sp³-hybridized carbons (Fsp3) is 0.143. The fourth-order valence-electron chi connectivity index (χ4n) is 1.99. The van der Waals surface area contributed by atoms with Gasteiger partial charge in [-0.2, -0.15) is 0 Å². The highest BCUT2D eigenvalue weighted by atomic mass is 35.5. The Kier molecular flexibility index (Phi) is 4.82. The van der Waals surface area contributed by atoms with E-state index in [4.69, 9.17) is 17.4 Å². The van der Waals surface area contributed by atoms with E-state index in [1.54, 1.807) is 0 Å². The summed E-state index contributed by atoms with van der Waals surface area (Å²) in [6.07, 6.45) is -0.155. The Bertz CT molecular complexity index is 664. The third kappa shape index (κ3) is 3.34. The lowest BCUT2D eigenvalue weighted by Crippen LogP contribution is -2.30. The van der Waals surface area contributed by atoms with E-state index in [0.717, 1.165) is 18.2 Å². The van der Waals surface area contributed by atoms with E-state index in [2.05, 4.69) is 5.43 Å². The lowest BCUT2D eigenvalue weighted by molar-refractivity contribution is 0.470. The maximum absolute atomic E-state index is 13.8. The van der Waals surface area contributed by atoms with Crippen LogP contribution in [0.15, 0.2) is 30.3 Å². The summed E-state index contributed by atoms with van der Waals surface area (Å²) in [4.78, 5) is 0. The van der Waals surface area contributed by atoms with Crippen LogP contribution >= 0.6 is 11.6 Å². The van der Waals surface area contributed by atoms with Gasteiger partial charge in [0.15, 0.2) is 11.6 Å². The largest absolute Gasteiger partial charge is 0.271 e. The molecule has 0 bridgehead atoms. The fourth-order valence-corrected chi connectivity index (χ4v) is 2.14. The molecule has 0 amide bonds. The SMILES string of the molecule is NNC(Cc1cccc(F)c1F)c1cc(F)c(Cl)cc1F. The smallest absolute Gasteiger partial charge is 0.162 e. The van der Waals surface area contributed by atoms with Gasteiger partial charge < -0.3 is 0 Å². The third-order valence-electron chi connectivity index (χ3n) is 3.07. The summed E-state index contributed by atoms with van der Waals surface area (Å²) in [5, 5.41) is -0.371. The molecule has 1 unspecified atom stereocenters. The minimum Gasteiger partial charge on any atom is -0.271 e. The molecule has 0 aliphatic rings. The van der Waals surface area contributed by atoms with Crippen LogP contribution < -0.4 is 11.3 Å². The van der Waals surface area contributed by atoms with E-state index in [-0.39, 0.29) is 22.6 Å². The Labute approximate surface area is 123 Å². The maximum Gasteiger partial charge on any atom is 0.162 e. The summed E-state index contributed by atoms with van der Waals surface area (Å²) in [6, 6.07) is 4.37. The first-order valence-corrected chi connectivity index (χ1v) is 6.35. The van der Waals surface area contributed by atoms with Crippen molar-refractivity contribution in [2.45, 2.75) is 12.5 Å². The Balaban J connectivity index is 2.37. The van der Waals surface area contributed by atoms with Gasteiger partial charge in [-0.3, -0.25) is 11.3 Å². The molecule has 1 atom stereocenters. The van der Waals surface area contributed by atoms with Gasteiger partial charge in [0.1, 0.15) is 11.6 Å². The molecule has 21 heavy (non-hydrogen) atoms. The number of halogens is 5. The monoisotopic (exact) mass is 318 g/mol. The molecule has 2 aromatic carbocycles. The molecule has 2 aromatic rings. The second kappa shape index (κ2) is 6.43. The van der Waals surface area contributed by atoms with Gasteiger partial charge in [-0.15, -0.1) is 0 Å². The minimum atomic E-state index is -1.05. The molecule has 2 rings (SSSR count). The first-order chi connectivity index (χ1) is 9.93. The van der Waals surface area contributed by atoms with Crippen LogP contribution in [0.1, 0.15) is 17.2 Å². The average molecular weight is 319 g/mol. The van der Waals surface area contributed by atoms with E-state index in [0.29, 0.717) is 0 Å². The molecule has 0 spiro atoms. The summed E-state index contributed by atoms with van der Waals surface area (Å²) in [6.45, 7) is 0. The van der Waals surface area contributed by atoms with Crippen molar-refractivity contribution in [3.8, 4) is 0 Å². The highest BCUT2D eigenvalue weighted by Gasteiger charge is 2.20. The first kappa shape index (κ1) is 15.8. The van der Waals surface area contributed by atoms with E-state index < -0.39 is 29.3 Å². The Morgan fingerprint density at radius 2 is 1.76 bits per heavy atom. The molecule has 3 N–H and O–H groups in total. The van der Waals surface area contributed by atoms with E-state index in [1.165, 1.54) is 12.1 Å². The standard InChI is InChI=1S/C14H11ClF4N2/c15-9-6-11(17)8(5-12(9)18)13(21-20)4-7-2-1-3-10(16)14(7)19/h1-3,5-6,13,21H,4,20H2. The molecule has 0 saturated carbocycles. The topological polar surface area (TPSA) is 38.0 Å². The molecule has 7 heteroatoms. The molecule has 0 aliphatic carbocycles. The van der Waals surface area contributed by atoms with Gasteiger partial charge >= 0.3 is 0 Å². The lowest BCUT2D eigenvalue weighted by Gasteiger charge is -2.18. The number of hydrogen-bond acceptors (Lipinski definition) is 2. The van der Waals surface area contributed by atoms with Crippen molar-refractivity contribution in [1.82, 2.24) is 5.43 Å². The van der Waals surface area contributed by atoms with Crippen LogP contribution in [0.5, 0.6) is 0 Å². The Morgan fingerprint density at radius 3 is 2.43 bits per heavy atom. The van der Waals surface area contributed by atoms with Crippen molar-refractivity contribution in [1.29, 1.82) is 0 Å².